The van der Waals surface area contributed by atoms with Crippen molar-refractivity contribution in [2.24, 2.45) is 0 Å². The van der Waals surface area contributed by atoms with Crippen LogP contribution in [0.25, 0.3) is 0 Å². The average Bonchev–Trinajstić information content (AvgIpc) is 2.39. The number of hydrogen-bond donors (Lipinski definition) is 1. The molecule has 0 atom stereocenters. The fraction of sp³-hybridized carbons (Fsp3) is 0.625. The van der Waals surface area contributed by atoms with E-state index in [9.17, 15) is 4.79 Å². The molecule has 3 heteroatoms. The molecule has 2 nitrogen and oxygen atoms in total. The molecule has 0 aliphatic carbocycles. The lowest BCUT2D eigenvalue weighted by Gasteiger charge is -1.98. The first-order valence-electron chi connectivity index (χ1n) is 3.75. The van der Waals surface area contributed by atoms with Crippen molar-refractivity contribution in [3.05, 3.63) is 12.2 Å². The van der Waals surface area contributed by atoms with Crippen LogP contribution in [-0.4, -0.2) is 28.3 Å². The maximum absolute atomic E-state index is 10.4. The maximum atomic E-state index is 10.4. The van der Waals surface area contributed by atoms with Gasteiger partial charge in [0.05, 0.1) is 5.57 Å². The Balaban J connectivity index is 2.29. The molecule has 1 aliphatic rings. The van der Waals surface area contributed by atoms with Crippen LogP contribution in [0.5, 0.6) is 0 Å². The molecule has 1 N–H and O–H groups in total. The molecule has 0 aromatic carbocycles. The van der Waals surface area contributed by atoms with Crippen molar-refractivity contribution in [1.29, 1.82) is 0 Å². The van der Waals surface area contributed by atoms with E-state index in [1.54, 1.807) is 0 Å². The van der Waals surface area contributed by atoms with E-state index < -0.39 is 5.97 Å². The van der Waals surface area contributed by atoms with Crippen molar-refractivity contribution in [2.45, 2.75) is 12.8 Å². The van der Waals surface area contributed by atoms with E-state index in [0.29, 0.717) is 16.5 Å². The molecule has 0 bridgehead atoms. The monoisotopic (exact) mass is 173 g/mol. The summed E-state index contributed by atoms with van der Waals surface area (Å²) < 4.78 is 0. The molecule has 0 aromatic heterocycles. The summed E-state index contributed by atoms with van der Waals surface area (Å²) in [7, 11) is 0.342. The van der Waals surface area contributed by atoms with Gasteiger partial charge in [-0.1, -0.05) is 6.58 Å². The summed E-state index contributed by atoms with van der Waals surface area (Å²) in [5.41, 5.74) is 0.384. The molecule has 11 heavy (non-hydrogen) atoms. The molecule has 1 aliphatic heterocycles. The SMILES string of the molecule is C=C(C[S+]1CCCC1)C(=O)O. The Hall–Kier alpha value is -0.440. The predicted molar refractivity (Wildman–Crippen MR) is 48.0 cm³/mol. The zero-order chi connectivity index (χ0) is 8.27. The first-order valence-corrected chi connectivity index (χ1v) is 5.48. The summed E-state index contributed by atoms with van der Waals surface area (Å²) in [5.74, 6) is 2.32. The Morgan fingerprint density at radius 3 is 2.45 bits per heavy atom. The molecular weight excluding hydrogens is 160 g/mol. The van der Waals surface area contributed by atoms with Gasteiger partial charge in [0.15, 0.2) is 0 Å². The Morgan fingerprint density at radius 2 is 2.00 bits per heavy atom. The van der Waals surface area contributed by atoms with Gasteiger partial charge in [-0.05, 0) is 23.7 Å². The third kappa shape index (κ3) is 2.58. The summed E-state index contributed by atoms with van der Waals surface area (Å²) >= 11 is 0. The van der Waals surface area contributed by atoms with Crippen LogP contribution in [0.2, 0.25) is 0 Å². The summed E-state index contributed by atoms with van der Waals surface area (Å²) in [5, 5.41) is 8.55. The Labute approximate surface area is 69.6 Å². The minimum atomic E-state index is -0.829. The number of carbonyl (C=O) groups is 1. The van der Waals surface area contributed by atoms with Crippen LogP contribution in [0.1, 0.15) is 12.8 Å². The van der Waals surface area contributed by atoms with Crippen molar-refractivity contribution < 1.29 is 9.90 Å². The topological polar surface area (TPSA) is 37.3 Å². The molecule has 1 fully saturated rings. The van der Waals surface area contributed by atoms with Crippen LogP contribution < -0.4 is 0 Å². The summed E-state index contributed by atoms with van der Waals surface area (Å²) in [6.07, 6.45) is 2.55. The second-order valence-electron chi connectivity index (χ2n) is 2.78. The molecule has 0 saturated carbocycles. The first kappa shape index (κ1) is 8.65. The average molecular weight is 173 g/mol. The van der Waals surface area contributed by atoms with Gasteiger partial charge in [-0.3, -0.25) is 0 Å². The van der Waals surface area contributed by atoms with Gasteiger partial charge < -0.3 is 5.11 Å². The maximum Gasteiger partial charge on any atom is 0.335 e. The van der Waals surface area contributed by atoms with E-state index in [4.69, 9.17) is 5.11 Å². The third-order valence-electron chi connectivity index (χ3n) is 1.80. The highest BCUT2D eigenvalue weighted by Gasteiger charge is 2.26. The number of aliphatic carboxylic acids is 1. The number of carboxylic acids is 1. The number of hydrogen-bond acceptors (Lipinski definition) is 1. The van der Waals surface area contributed by atoms with E-state index in [2.05, 4.69) is 6.58 Å². The van der Waals surface area contributed by atoms with Gasteiger partial charge in [0, 0.05) is 0 Å². The lowest BCUT2D eigenvalue weighted by Crippen LogP contribution is -2.15. The Morgan fingerprint density at radius 1 is 1.45 bits per heavy atom. The molecule has 62 valence electrons. The van der Waals surface area contributed by atoms with Crippen molar-refractivity contribution in [3.8, 4) is 0 Å². The van der Waals surface area contributed by atoms with Crippen molar-refractivity contribution in [2.75, 3.05) is 17.3 Å². The zero-order valence-corrected chi connectivity index (χ0v) is 7.32. The molecule has 0 unspecified atom stereocenters. The molecule has 1 rings (SSSR count). The van der Waals surface area contributed by atoms with Gasteiger partial charge in [0.25, 0.3) is 0 Å². The normalized spacial score (nSPS) is 18.5. The van der Waals surface area contributed by atoms with E-state index in [-0.39, 0.29) is 0 Å². The Kier molecular flexibility index (Phi) is 3.00. The second-order valence-corrected chi connectivity index (χ2v) is 5.11. The fourth-order valence-corrected chi connectivity index (χ4v) is 3.50. The largest absolute Gasteiger partial charge is 0.478 e. The highest BCUT2D eigenvalue weighted by Crippen LogP contribution is 2.15. The summed E-state index contributed by atoms with van der Waals surface area (Å²) in [6.45, 7) is 3.53. The smallest absolute Gasteiger partial charge is 0.335 e. The fourth-order valence-electron chi connectivity index (χ4n) is 1.17. The molecule has 0 radical (unpaired) electrons. The lowest BCUT2D eigenvalue weighted by molar-refractivity contribution is -0.132. The Bertz CT molecular complexity index is 171. The number of carboxylic acid groups (broad SMARTS) is 1. The molecule has 0 amide bonds. The van der Waals surface area contributed by atoms with Gasteiger partial charge >= 0.3 is 5.97 Å². The molecule has 1 heterocycles. The lowest BCUT2D eigenvalue weighted by atomic mass is 10.4. The summed E-state index contributed by atoms with van der Waals surface area (Å²) in [6, 6.07) is 0. The minimum Gasteiger partial charge on any atom is -0.478 e. The van der Waals surface area contributed by atoms with E-state index >= 15 is 0 Å². The second kappa shape index (κ2) is 3.81. The van der Waals surface area contributed by atoms with Crippen LogP contribution in [-0.2, 0) is 15.7 Å². The van der Waals surface area contributed by atoms with Gasteiger partial charge in [0.1, 0.15) is 17.3 Å². The first-order chi connectivity index (χ1) is 5.20. The number of rotatable bonds is 3. The van der Waals surface area contributed by atoms with Gasteiger partial charge in [-0.15, -0.1) is 0 Å². The van der Waals surface area contributed by atoms with Crippen molar-refractivity contribution in [3.63, 3.8) is 0 Å². The standard InChI is InChI=1S/C8H12O2S/c1-7(8(9)10)6-11-4-2-3-5-11/h1-6H2/p+1. The predicted octanol–water partition coefficient (Wildman–Crippen LogP) is 1.04. The van der Waals surface area contributed by atoms with Crippen LogP contribution in [0.4, 0.5) is 0 Å². The van der Waals surface area contributed by atoms with Crippen LogP contribution in [0, 0.1) is 0 Å². The molecule has 0 aromatic rings. The van der Waals surface area contributed by atoms with Crippen LogP contribution >= 0.6 is 0 Å². The van der Waals surface area contributed by atoms with E-state index in [0.717, 1.165) is 5.75 Å². The van der Waals surface area contributed by atoms with E-state index in [1.165, 1.54) is 24.3 Å². The van der Waals surface area contributed by atoms with Gasteiger partial charge in [0.2, 0.25) is 0 Å². The van der Waals surface area contributed by atoms with E-state index in [1.807, 2.05) is 0 Å². The van der Waals surface area contributed by atoms with Crippen LogP contribution in [0.15, 0.2) is 12.2 Å². The van der Waals surface area contributed by atoms with Gasteiger partial charge in [-0.2, -0.15) is 0 Å². The highest BCUT2D eigenvalue weighted by atomic mass is 32.2. The third-order valence-corrected chi connectivity index (χ3v) is 4.29. The molecule has 1 saturated heterocycles. The van der Waals surface area contributed by atoms with Crippen molar-refractivity contribution in [1.82, 2.24) is 0 Å². The minimum absolute atomic E-state index is 0.342. The highest BCUT2D eigenvalue weighted by molar-refractivity contribution is 7.97. The van der Waals surface area contributed by atoms with Gasteiger partial charge in [-0.25, -0.2) is 4.79 Å². The van der Waals surface area contributed by atoms with Crippen LogP contribution in [0.3, 0.4) is 0 Å². The molecular formula is C8H13O2S+. The summed E-state index contributed by atoms with van der Waals surface area (Å²) in [4.78, 5) is 10.4. The molecule has 0 spiro atoms. The zero-order valence-electron chi connectivity index (χ0n) is 6.51. The quantitative estimate of drug-likeness (QED) is 0.511. The van der Waals surface area contributed by atoms with Crippen molar-refractivity contribution >= 4 is 16.9 Å².